The van der Waals surface area contributed by atoms with Gasteiger partial charge in [0.1, 0.15) is 0 Å². The van der Waals surface area contributed by atoms with Gasteiger partial charge in [0.05, 0.1) is 19.3 Å². The number of rotatable bonds is 2. The Morgan fingerprint density at radius 2 is 2.40 bits per heavy atom. The number of ether oxygens (including phenoxy) is 3. The Balaban J connectivity index is 2.18. The highest BCUT2D eigenvalue weighted by Crippen LogP contribution is 2.11. The molecule has 2 unspecified atom stereocenters. The highest BCUT2D eigenvalue weighted by molar-refractivity contribution is 4.60. The number of methoxy groups -OCH3 is 1. The molecule has 0 aromatic heterocycles. The van der Waals surface area contributed by atoms with Crippen molar-refractivity contribution in [3.63, 3.8) is 0 Å². The molecule has 60 valence electrons. The Morgan fingerprint density at radius 3 is 3.00 bits per heavy atom. The summed E-state index contributed by atoms with van der Waals surface area (Å²) >= 11 is 0. The molecule has 0 aromatic carbocycles. The van der Waals surface area contributed by atoms with Crippen molar-refractivity contribution in [2.24, 2.45) is 0 Å². The van der Waals surface area contributed by atoms with Crippen LogP contribution in [0.15, 0.2) is 0 Å². The molecule has 0 N–H and O–H groups in total. The zero-order chi connectivity index (χ0) is 7.40. The maximum absolute atomic E-state index is 5.38. The van der Waals surface area contributed by atoms with Crippen LogP contribution in [-0.4, -0.2) is 32.7 Å². The summed E-state index contributed by atoms with van der Waals surface area (Å²) in [5.41, 5.74) is 0. The average Bonchev–Trinajstić information content (AvgIpc) is 1.88. The van der Waals surface area contributed by atoms with Crippen LogP contribution in [0.25, 0.3) is 0 Å². The third-order valence-electron chi connectivity index (χ3n) is 1.53. The molecule has 1 aliphatic rings. The molecular formula is C7H14O3. The van der Waals surface area contributed by atoms with Crippen molar-refractivity contribution in [2.45, 2.75) is 25.7 Å². The molecule has 0 radical (unpaired) electrons. The van der Waals surface area contributed by atoms with Crippen molar-refractivity contribution >= 4 is 0 Å². The van der Waals surface area contributed by atoms with Crippen LogP contribution in [0.4, 0.5) is 0 Å². The molecule has 0 bridgehead atoms. The van der Waals surface area contributed by atoms with Crippen LogP contribution in [0.5, 0.6) is 0 Å². The van der Waals surface area contributed by atoms with Gasteiger partial charge >= 0.3 is 0 Å². The second kappa shape index (κ2) is 3.91. The van der Waals surface area contributed by atoms with E-state index in [-0.39, 0.29) is 12.4 Å². The molecule has 0 spiro atoms. The summed E-state index contributed by atoms with van der Waals surface area (Å²) in [6.07, 6.45) is 1.11. The smallest absolute Gasteiger partial charge is 0.155 e. The van der Waals surface area contributed by atoms with E-state index >= 15 is 0 Å². The van der Waals surface area contributed by atoms with E-state index in [9.17, 15) is 0 Å². The van der Waals surface area contributed by atoms with Crippen LogP contribution >= 0.6 is 0 Å². The standard InChI is InChI=1S/C7H14O3/c1-6-9-4-3-7(10-6)5-8-2/h6-7H,3-5H2,1-2H3. The zero-order valence-corrected chi connectivity index (χ0v) is 6.50. The van der Waals surface area contributed by atoms with Crippen LogP contribution in [0.1, 0.15) is 13.3 Å². The van der Waals surface area contributed by atoms with Crippen LogP contribution in [0.3, 0.4) is 0 Å². The van der Waals surface area contributed by atoms with E-state index in [1.807, 2.05) is 6.92 Å². The molecule has 0 amide bonds. The van der Waals surface area contributed by atoms with Crippen molar-refractivity contribution in [2.75, 3.05) is 20.3 Å². The monoisotopic (exact) mass is 146 g/mol. The minimum atomic E-state index is -0.0612. The van der Waals surface area contributed by atoms with E-state index in [0.717, 1.165) is 13.0 Å². The SMILES string of the molecule is COCC1CCOC(C)O1. The van der Waals surface area contributed by atoms with Gasteiger partial charge in [-0.3, -0.25) is 0 Å². The lowest BCUT2D eigenvalue weighted by molar-refractivity contribution is -0.211. The van der Waals surface area contributed by atoms with Crippen molar-refractivity contribution in [3.8, 4) is 0 Å². The van der Waals surface area contributed by atoms with Crippen molar-refractivity contribution in [1.82, 2.24) is 0 Å². The molecular weight excluding hydrogens is 132 g/mol. The van der Waals surface area contributed by atoms with Crippen molar-refractivity contribution in [1.29, 1.82) is 0 Å². The topological polar surface area (TPSA) is 27.7 Å². The first-order chi connectivity index (χ1) is 4.83. The Bertz CT molecular complexity index is 92.9. The second-order valence-electron chi connectivity index (χ2n) is 2.44. The van der Waals surface area contributed by atoms with Crippen LogP contribution in [-0.2, 0) is 14.2 Å². The lowest BCUT2D eigenvalue weighted by Gasteiger charge is -2.27. The summed E-state index contributed by atoms with van der Waals surface area (Å²) in [6, 6.07) is 0. The zero-order valence-electron chi connectivity index (χ0n) is 6.50. The largest absolute Gasteiger partial charge is 0.382 e. The Labute approximate surface area is 61.3 Å². The maximum Gasteiger partial charge on any atom is 0.155 e. The molecule has 10 heavy (non-hydrogen) atoms. The first-order valence-corrected chi connectivity index (χ1v) is 3.59. The predicted molar refractivity (Wildman–Crippen MR) is 36.8 cm³/mol. The van der Waals surface area contributed by atoms with Gasteiger partial charge in [-0.2, -0.15) is 0 Å². The third-order valence-corrected chi connectivity index (χ3v) is 1.53. The Morgan fingerprint density at radius 1 is 1.60 bits per heavy atom. The summed E-state index contributed by atoms with van der Waals surface area (Å²) in [4.78, 5) is 0. The maximum atomic E-state index is 5.38. The van der Waals surface area contributed by atoms with E-state index in [1.54, 1.807) is 7.11 Å². The van der Waals surface area contributed by atoms with Crippen LogP contribution < -0.4 is 0 Å². The lowest BCUT2D eigenvalue weighted by Crippen LogP contribution is -2.32. The molecule has 3 heteroatoms. The Kier molecular flexibility index (Phi) is 3.12. The van der Waals surface area contributed by atoms with Crippen molar-refractivity contribution < 1.29 is 14.2 Å². The highest BCUT2D eigenvalue weighted by atomic mass is 16.7. The molecule has 2 atom stereocenters. The molecule has 1 heterocycles. The van der Waals surface area contributed by atoms with Gasteiger partial charge in [-0.05, 0) is 13.3 Å². The van der Waals surface area contributed by atoms with Gasteiger partial charge in [0.15, 0.2) is 6.29 Å². The van der Waals surface area contributed by atoms with Gasteiger partial charge in [0.25, 0.3) is 0 Å². The number of hydrogen-bond acceptors (Lipinski definition) is 3. The van der Waals surface area contributed by atoms with Gasteiger partial charge < -0.3 is 14.2 Å². The summed E-state index contributed by atoms with van der Waals surface area (Å²) in [7, 11) is 1.68. The summed E-state index contributed by atoms with van der Waals surface area (Å²) in [5.74, 6) is 0. The highest BCUT2D eigenvalue weighted by Gasteiger charge is 2.18. The molecule has 0 aliphatic carbocycles. The quantitative estimate of drug-likeness (QED) is 0.576. The normalized spacial score (nSPS) is 34.2. The molecule has 1 aliphatic heterocycles. The minimum absolute atomic E-state index is 0.0612. The fourth-order valence-corrected chi connectivity index (χ4v) is 1.05. The van der Waals surface area contributed by atoms with E-state index in [0.29, 0.717) is 6.61 Å². The van der Waals surface area contributed by atoms with Crippen LogP contribution in [0, 0.1) is 0 Å². The summed E-state index contributed by atoms with van der Waals surface area (Å²) in [6.45, 7) is 3.37. The average molecular weight is 146 g/mol. The van der Waals surface area contributed by atoms with E-state index < -0.39 is 0 Å². The van der Waals surface area contributed by atoms with Gasteiger partial charge in [-0.25, -0.2) is 0 Å². The fraction of sp³-hybridized carbons (Fsp3) is 1.00. The number of hydrogen-bond donors (Lipinski definition) is 0. The predicted octanol–water partition coefficient (Wildman–Crippen LogP) is 0.784. The lowest BCUT2D eigenvalue weighted by atomic mass is 10.2. The van der Waals surface area contributed by atoms with E-state index in [4.69, 9.17) is 14.2 Å². The Hall–Kier alpha value is -0.120. The first-order valence-electron chi connectivity index (χ1n) is 3.59. The molecule has 0 saturated carbocycles. The van der Waals surface area contributed by atoms with Gasteiger partial charge in [-0.15, -0.1) is 0 Å². The molecule has 0 aromatic rings. The summed E-state index contributed by atoms with van der Waals surface area (Å²) < 4.78 is 15.5. The molecule has 1 fully saturated rings. The summed E-state index contributed by atoms with van der Waals surface area (Å²) in [5, 5.41) is 0. The van der Waals surface area contributed by atoms with E-state index in [2.05, 4.69) is 0 Å². The fourth-order valence-electron chi connectivity index (χ4n) is 1.05. The van der Waals surface area contributed by atoms with Crippen LogP contribution in [0.2, 0.25) is 0 Å². The first kappa shape index (κ1) is 7.98. The van der Waals surface area contributed by atoms with Crippen molar-refractivity contribution in [3.05, 3.63) is 0 Å². The molecule has 1 saturated heterocycles. The second-order valence-corrected chi connectivity index (χ2v) is 2.44. The third kappa shape index (κ3) is 2.25. The minimum Gasteiger partial charge on any atom is -0.382 e. The van der Waals surface area contributed by atoms with Gasteiger partial charge in [0, 0.05) is 7.11 Å². The molecule has 3 nitrogen and oxygen atoms in total. The van der Waals surface area contributed by atoms with Gasteiger partial charge in [-0.1, -0.05) is 0 Å². The van der Waals surface area contributed by atoms with E-state index in [1.165, 1.54) is 0 Å². The van der Waals surface area contributed by atoms with Gasteiger partial charge in [0.2, 0.25) is 0 Å². The molecule has 1 rings (SSSR count).